The lowest BCUT2D eigenvalue weighted by Crippen LogP contribution is -2.47. The van der Waals surface area contributed by atoms with Crippen molar-refractivity contribution in [2.24, 2.45) is 11.7 Å². The Morgan fingerprint density at radius 1 is 1.37 bits per heavy atom. The van der Waals surface area contributed by atoms with E-state index in [-0.39, 0.29) is 12.5 Å². The molecule has 1 saturated heterocycles. The smallest absolute Gasteiger partial charge is 0.279 e. The SMILES string of the molecule is COCCOCCNS(=O)(=O)N1CCCC(CN)C1. The number of rotatable bonds is 9. The van der Waals surface area contributed by atoms with Crippen LogP contribution in [0.3, 0.4) is 0 Å². The summed E-state index contributed by atoms with van der Waals surface area (Å²) in [4.78, 5) is 0. The largest absolute Gasteiger partial charge is 0.382 e. The summed E-state index contributed by atoms with van der Waals surface area (Å²) in [5, 5.41) is 0. The summed E-state index contributed by atoms with van der Waals surface area (Å²) in [7, 11) is -1.81. The van der Waals surface area contributed by atoms with Crippen molar-refractivity contribution in [2.75, 3.05) is 53.1 Å². The van der Waals surface area contributed by atoms with Crippen LogP contribution in [-0.4, -0.2) is 65.8 Å². The predicted octanol–water partition coefficient (Wildman–Crippen LogP) is -0.845. The van der Waals surface area contributed by atoms with Crippen LogP contribution in [0.25, 0.3) is 0 Å². The summed E-state index contributed by atoms with van der Waals surface area (Å²) < 4.78 is 38.1. The number of piperidine rings is 1. The highest BCUT2D eigenvalue weighted by Gasteiger charge is 2.27. The van der Waals surface area contributed by atoms with Gasteiger partial charge in [-0.25, -0.2) is 0 Å². The minimum atomic E-state index is -3.40. The summed E-state index contributed by atoms with van der Waals surface area (Å²) in [6.45, 7) is 3.21. The van der Waals surface area contributed by atoms with Crippen LogP contribution in [0.4, 0.5) is 0 Å². The van der Waals surface area contributed by atoms with Gasteiger partial charge in [0.05, 0.1) is 19.8 Å². The zero-order valence-electron chi connectivity index (χ0n) is 11.5. The Morgan fingerprint density at radius 2 is 2.16 bits per heavy atom. The van der Waals surface area contributed by atoms with Gasteiger partial charge in [-0.05, 0) is 25.3 Å². The number of nitrogens with one attached hydrogen (secondary N) is 1. The van der Waals surface area contributed by atoms with Gasteiger partial charge in [-0.1, -0.05) is 0 Å². The predicted molar refractivity (Wildman–Crippen MR) is 73.0 cm³/mol. The van der Waals surface area contributed by atoms with Crippen molar-refractivity contribution in [2.45, 2.75) is 12.8 Å². The van der Waals surface area contributed by atoms with Gasteiger partial charge in [0.25, 0.3) is 10.2 Å². The minimum absolute atomic E-state index is 0.267. The van der Waals surface area contributed by atoms with E-state index in [1.807, 2.05) is 0 Å². The van der Waals surface area contributed by atoms with Crippen molar-refractivity contribution in [3.63, 3.8) is 0 Å². The third kappa shape index (κ3) is 6.15. The van der Waals surface area contributed by atoms with Crippen LogP contribution in [0, 0.1) is 5.92 Å². The van der Waals surface area contributed by atoms with Crippen LogP contribution < -0.4 is 10.5 Å². The standard InChI is InChI=1S/C11H25N3O4S/c1-17-7-8-18-6-4-13-19(15,16)14-5-2-3-11(9-12)10-14/h11,13H,2-10,12H2,1H3. The molecule has 0 radical (unpaired) electrons. The van der Waals surface area contributed by atoms with Gasteiger partial charge in [-0.3, -0.25) is 0 Å². The minimum Gasteiger partial charge on any atom is -0.382 e. The highest BCUT2D eigenvalue weighted by molar-refractivity contribution is 7.87. The van der Waals surface area contributed by atoms with Gasteiger partial charge in [0, 0.05) is 26.7 Å². The fourth-order valence-corrected chi connectivity index (χ4v) is 3.32. The van der Waals surface area contributed by atoms with E-state index in [1.54, 1.807) is 7.11 Å². The lowest BCUT2D eigenvalue weighted by molar-refractivity contribution is 0.0734. The first-order chi connectivity index (χ1) is 9.10. The van der Waals surface area contributed by atoms with Crippen molar-refractivity contribution in [3.8, 4) is 0 Å². The molecule has 1 heterocycles. The van der Waals surface area contributed by atoms with Gasteiger partial charge < -0.3 is 15.2 Å². The highest BCUT2D eigenvalue weighted by Crippen LogP contribution is 2.17. The molecular formula is C11H25N3O4S. The van der Waals surface area contributed by atoms with E-state index >= 15 is 0 Å². The van der Waals surface area contributed by atoms with Gasteiger partial charge >= 0.3 is 0 Å². The molecule has 19 heavy (non-hydrogen) atoms. The Hall–Kier alpha value is -0.250. The summed E-state index contributed by atoms with van der Waals surface area (Å²) in [6, 6.07) is 0. The quantitative estimate of drug-likeness (QED) is 0.541. The molecule has 1 aliphatic heterocycles. The molecule has 0 saturated carbocycles. The lowest BCUT2D eigenvalue weighted by Gasteiger charge is -2.31. The Bertz CT molecular complexity index is 337. The molecule has 0 bridgehead atoms. The second-order valence-electron chi connectivity index (χ2n) is 4.61. The molecule has 7 nitrogen and oxygen atoms in total. The normalized spacial score (nSPS) is 21.7. The van der Waals surface area contributed by atoms with E-state index < -0.39 is 10.2 Å². The van der Waals surface area contributed by atoms with Crippen molar-refractivity contribution >= 4 is 10.2 Å². The van der Waals surface area contributed by atoms with Crippen LogP contribution in [0.5, 0.6) is 0 Å². The number of nitrogens with zero attached hydrogens (tertiary/aromatic N) is 1. The zero-order valence-corrected chi connectivity index (χ0v) is 12.3. The summed E-state index contributed by atoms with van der Waals surface area (Å²) in [6.07, 6.45) is 1.87. The number of ether oxygens (including phenoxy) is 2. The van der Waals surface area contributed by atoms with E-state index in [0.717, 1.165) is 12.8 Å². The monoisotopic (exact) mass is 295 g/mol. The van der Waals surface area contributed by atoms with E-state index in [9.17, 15) is 8.42 Å². The number of methoxy groups -OCH3 is 1. The number of hydrogen-bond donors (Lipinski definition) is 2. The molecule has 0 amide bonds. The van der Waals surface area contributed by atoms with Gasteiger partial charge in [0.1, 0.15) is 0 Å². The van der Waals surface area contributed by atoms with E-state index in [4.69, 9.17) is 15.2 Å². The maximum absolute atomic E-state index is 12.0. The molecular weight excluding hydrogens is 270 g/mol. The van der Waals surface area contributed by atoms with Crippen LogP contribution in [0.15, 0.2) is 0 Å². The van der Waals surface area contributed by atoms with Crippen molar-refractivity contribution < 1.29 is 17.9 Å². The Labute approximate surface area is 115 Å². The van der Waals surface area contributed by atoms with Gasteiger partial charge in [-0.2, -0.15) is 17.4 Å². The third-order valence-electron chi connectivity index (χ3n) is 3.12. The summed E-state index contributed by atoms with van der Waals surface area (Å²) >= 11 is 0. The molecule has 0 aromatic rings. The molecule has 0 aromatic heterocycles. The Balaban J connectivity index is 2.26. The van der Waals surface area contributed by atoms with Gasteiger partial charge in [-0.15, -0.1) is 0 Å². The number of hydrogen-bond acceptors (Lipinski definition) is 5. The zero-order chi connectivity index (χ0) is 14.1. The molecule has 8 heteroatoms. The Kier molecular flexibility index (Phi) is 7.81. The van der Waals surface area contributed by atoms with Crippen LogP contribution in [0.1, 0.15) is 12.8 Å². The average molecular weight is 295 g/mol. The summed E-state index contributed by atoms with van der Waals surface area (Å²) in [5.74, 6) is 0.267. The lowest BCUT2D eigenvalue weighted by atomic mass is 10.0. The molecule has 0 aliphatic carbocycles. The first-order valence-electron chi connectivity index (χ1n) is 6.61. The number of nitrogens with two attached hydrogens (primary N) is 1. The molecule has 1 atom stereocenters. The molecule has 114 valence electrons. The molecule has 0 aromatic carbocycles. The average Bonchev–Trinajstić information content (AvgIpc) is 2.43. The maximum atomic E-state index is 12.0. The first-order valence-corrected chi connectivity index (χ1v) is 8.05. The van der Waals surface area contributed by atoms with E-state index in [0.29, 0.717) is 39.5 Å². The van der Waals surface area contributed by atoms with Crippen molar-refractivity contribution in [1.29, 1.82) is 0 Å². The fraction of sp³-hybridized carbons (Fsp3) is 1.00. The molecule has 0 spiro atoms. The second-order valence-corrected chi connectivity index (χ2v) is 6.36. The second kappa shape index (κ2) is 8.83. The molecule has 1 rings (SSSR count). The van der Waals surface area contributed by atoms with Crippen LogP contribution in [0.2, 0.25) is 0 Å². The van der Waals surface area contributed by atoms with E-state index in [2.05, 4.69) is 4.72 Å². The summed E-state index contributed by atoms with van der Waals surface area (Å²) in [5.41, 5.74) is 5.60. The van der Waals surface area contributed by atoms with Gasteiger partial charge in [0.2, 0.25) is 0 Å². The van der Waals surface area contributed by atoms with Crippen molar-refractivity contribution in [1.82, 2.24) is 9.03 Å². The molecule has 1 unspecified atom stereocenters. The highest BCUT2D eigenvalue weighted by atomic mass is 32.2. The van der Waals surface area contributed by atoms with Crippen LogP contribution >= 0.6 is 0 Å². The fourth-order valence-electron chi connectivity index (χ4n) is 2.02. The van der Waals surface area contributed by atoms with Gasteiger partial charge in [0.15, 0.2) is 0 Å². The Morgan fingerprint density at radius 3 is 2.84 bits per heavy atom. The third-order valence-corrected chi connectivity index (χ3v) is 4.70. The van der Waals surface area contributed by atoms with E-state index in [1.165, 1.54) is 4.31 Å². The molecule has 3 N–H and O–H groups in total. The maximum Gasteiger partial charge on any atom is 0.279 e. The van der Waals surface area contributed by atoms with Crippen LogP contribution in [-0.2, 0) is 19.7 Å². The molecule has 1 aliphatic rings. The first kappa shape index (κ1) is 16.8. The van der Waals surface area contributed by atoms with Crippen molar-refractivity contribution in [3.05, 3.63) is 0 Å². The molecule has 1 fully saturated rings. The topological polar surface area (TPSA) is 93.9 Å².